The van der Waals surface area contributed by atoms with Crippen molar-refractivity contribution in [2.24, 2.45) is 0 Å². The second-order valence-electron chi connectivity index (χ2n) is 6.70. The van der Waals surface area contributed by atoms with E-state index in [0.717, 1.165) is 12.8 Å². The summed E-state index contributed by atoms with van der Waals surface area (Å²) in [5.74, 6) is -0.798. The highest BCUT2D eigenvalue weighted by Crippen LogP contribution is 2.23. The van der Waals surface area contributed by atoms with Gasteiger partial charge >= 0.3 is 5.97 Å². The highest BCUT2D eigenvalue weighted by Gasteiger charge is 2.30. The summed E-state index contributed by atoms with van der Waals surface area (Å²) in [7, 11) is 0. The van der Waals surface area contributed by atoms with Crippen LogP contribution in [0.5, 0.6) is 5.75 Å². The first kappa shape index (κ1) is 20.4. The van der Waals surface area contributed by atoms with E-state index in [1.807, 2.05) is 13.0 Å². The molecular weight excluding hydrogens is 372 g/mol. The van der Waals surface area contributed by atoms with E-state index in [4.69, 9.17) is 9.47 Å². The third-order valence-corrected chi connectivity index (χ3v) is 4.33. The zero-order chi connectivity index (χ0) is 20.6. The van der Waals surface area contributed by atoms with Crippen molar-refractivity contribution in [3.8, 4) is 5.75 Å². The molecule has 0 aromatic heterocycles. The first-order valence-electron chi connectivity index (χ1n) is 9.62. The molecule has 7 nitrogen and oxygen atoms in total. The van der Waals surface area contributed by atoms with Gasteiger partial charge in [0.15, 0.2) is 0 Å². The topological polar surface area (TPSA) is 93.7 Å². The Morgan fingerprint density at radius 3 is 2.34 bits per heavy atom. The fraction of sp³-hybridized carbons (Fsp3) is 0.318. The Labute approximate surface area is 169 Å². The molecule has 29 heavy (non-hydrogen) atoms. The lowest BCUT2D eigenvalue weighted by atomic mass is 10.1. The summed E-state index contributed by atoms with van der Waals surface area (Å²) in [6.45, 7) is 2.07. The summed E-state index contributed by atoms with van der Waals surface area (Å²) >= 11 is 0. The number of carbonyl (C=O) groups is 3. The van der Waals surface area contributed by atoms with Gasteiger partial charge in [-0.1, -0.05) is 30.3 Å². The van der Waals surface area contributed by atoms with Crippen LogP contribution in [-0.2, 0) is 14.3 Å². The predicted octanol–water partition coefficient (Wildman–Crippen LogP) is 2.38. The van der Waals surface area contributed by atoms with Crippen molar-refractivity contribution in [1.29, 1.82) is 0 Å². The van der Waals surface area contributed by atoms with Crippen LogP contribution >= 0.6 is 0 Å². The van der Waals surface area contributed by atoms with Gasteiger partial charge in [-0.3, -0.25) is 14.4 Å². The van der Waals surface area contributed by atoms with E-state index >= 15 is 0 Å². The van der Waals surface area contributed by atoms with Gasteiger partial charge in [0.05, 0.1) is 6.61 Å². The van der Waals surface area contributed by atoms with Gasteiger partial charge in [-0.2, -0.15) is 0 Å². The van der Waals surface area contributed by atoms with Crippen molar-refractivity contribution in [2.45, 2.75) is 31.9 Å². The van der Waals surface area contributed by atoms with Gasteiger partial charge in [0.25, 0.3) is 11.8 Å². The maximum atomic E-state index is 12.5. The average Bonchev–Trinajstić information content (AvgIpc) is 3.55. The molecule has 0 unspecified atom stereocenters. The fourth-order valence-electron chi connectivity index (χ4n) is 2.70. The molecule has 1 aliphatic rings. The van der Waals surface area contributed by atoms with Crippen LogP contribution in [0.25, 0.3) is 0 Å². The molecule has 2 aromatic rings. The van der Waals surface area contributed by atoms with Gasteiger partial charge in [-0.15, -0.1) is 0 Å². The highest BCUT2D eigenvalue weighted by molar-refractivity contribution is 5.96. The molecule has 2 aromatic carbocycles. The molecule has 0 bridgehead atoms. The molecule has 152 valence electrons. The van der Waals surface area contributed by atoms with E-state index in [1.54, 1.807) is 48.5 Å². The van der Waals surface area contributed by atoms with E-state index in [9.17, 15) is 14.4 Å². The second kappa shape index (κ2) is 9.73. The highest BCUT2D eigenvalue weighted by atomic mass is 16.5. The maximum absolute atomic E-state index is 12.5. The van der Waals surface area contributed by atoms with Gasteiger partial charge in [-0.25, -0.2) is 0 Å². The molecule has 2 N–H and O–H groups in total. The Kier molecular flexibility index (Phi) is 6.84. The Balaban J connectivity index is 1.56. The minimum atomic E-state index is -1.05. The Morgan fingerprint density at radius 2 is 1.72 bits per heavy atom. The van der Waals surface area contributed by atoms with Gasteiger partial charge in [-0.05, 0) is 44.0 Å². The number of esters is 1. The van der Waals surface area contributed by atoms with E-state index in [2.05, 4.69) is 10.6 Å². The molecule has 1 saturated carbocycles. The summed E-state index contributed by atoms with van der Waals surface area (Å²) in [6.07, 6.45) is 0.810. The number of hydrogen-bond acceptors (Lipinski definition) is 5. The maximum Gasteiger partial charge on any atom is 0.326 e. The third-order valence-electron chi connectivity index (χ3n) is 4.33. The SMILES string of the molecule is CCOc1ccc(C(=O)NCC(=O)O[C@H](C(=O)NC2CC2)c2ccccc2)cc1. The van der Waals surface area contributed by atoms with Crippen molar-refractivity contribution in [1.82, 2.24) is 10.6 Å². The lowest BCUT2D eigenvalue weighted by Crippen LogP contribution is -2.36. The number of ether oxygens (including phenoxy) is 2. The second-order valence-corrected chi connectivity index (χ2v) is 6.70. The summed E-state index contributed by atoms with van der Waals surface area (Å²) in [5.41, 5.74) is 0.976. The van der Waals surface area contributed by atoms with Crippen LogP contribution in [0.1, 0.15) is 41.8 Å². The van der Waals surface area contributed by atoms with Crippen LogP contribution in [0.15, 0.2) is 54.6 Å². The van der Waals surface area contributed by atoms with E-state index in [0.29, 0.717) is 23.5 Å². The van der Waals surface area contributed by atoms with Crippen LogP contribution in [0, 0.1) is 0 Å². The molecule has 2 amide bonds. The molecule has 0 heterocycles. The van der Waals surface area contributed by atoms with Crippen LogP contribution in [0.4, 0.5) is 0 Å². The number of amides is 2. The summed E-state index contributed by atoms with van der Waals surface area (Å²) < 4.78 is 10.7. The smallest absolute Gasteiger partial charge is 0.326 e. The minimum Gasteiger partial charge on any atom is -0.494 e. The number of hydrogen-bond donors (Lipinski definition) is 2. The van der Waals surface area contributed by atoms with Gasteiger partial charge in [0.1, 0.15) is 12.3 Å². The monoisotopic (exact) mass is 396 g/mol. The average molecular weight is 396 g/mol. The zero-order valence-electron chi connectivity index (χ0n) is 16.2. The zero-order valence-corrected chi connectivity index (χ0v) is 16.2. The molecule has 1 fully saturated rings. The van der Waals surface area contributed by atoms with Crippen molar-refractivity contribution in [3.05, 3.63) is 65.7 Å². The molecule has 1 aliphatic carbocycles. The first-order valence-corrected chi connectivity index (χ1v) is 9.62. The van der Waals surface area contributed by atoms with Crippen molar-refractivity contribution in [2.75, 3.05) is 13.2 Å². The summed E-state index contributed by atoms with van der Waals surface area (Å²) in [6, 6.07) is 15.6. The molecule has 3 rings (SSSR count). The number of rotatable bonds is 9. The first-order chi connectivity index (χ1) is 14.1. The molecule has 7 heteroatoms. The van der Waals surface area contributed by atoms with Gasteiger partial charge in [0, 0.05) is 17.2 Å². The Hall–Kier alpha value is -3.35. The lowest BCUT2D eigenvalue weighted by Gasteiger charge is -2.18. The van der Waals surface area contributed by atoms with E-state index in [1.165, 1.54) is 0 Å². The van der Waals surface area contributed by atoms with E-state index < -0.39 is 18.0 Å². The normalized spacial score (nSPS) is 13.8. The van der Waals surface area contributed by atoms with Crippen LogP contribution in [-0.4, -0.2) is 37.0 Å². The summed E-state index contributed by atoms with van der Waals surface area (Å²) in [5, 5.41) is 5.36. The Morgan fingerprint density at radius 1 is 1.03 bits per heavy atom. The molecule has 0 spiro atoms. The minimum absolute atomic E-state index is 0.145. The van der Waals surface area contributed by atoms with Gasteiger partial charge < -0.3 is 20.1 Å². The molecule has 0 saturated heterocycles. The molecule has 0 radical (unpaired) electrons. The van der Waals surface area contributed by atoms with Crippen LogP contribution in [0.2, 0.25) is 0 Å². The molecule has 1 atom stereocenters. The third kappa shape index (κ3) is 6.07. The standard InChI is InChI=1S/C22H24N2O5/c1-2-28-18-12-8-16(9-13-18)21(26)23-14-19(25)29-20(15-6-4-3-5-7-15)22(27)24-17-10-11-17/h3-9,12-13,17,20H,2,10-11,14H2,1H3,(H,23,26)(H,24,27)/t20-/m0/s1. The lowest BCUT2D eigenvalue weighted by molar-refractivity contribution is -0.155. The fourth-order valence-corrected chi connectivity index (χ4v) is 2.70. The number of nitrogens with one attached hydrogen (secondary N) is 2. The summed E-state index contributed by atoms with van der Waals surface area (Å²) in [4.78, 5) is 37.0. The predicted molar refractivity (Wildman–Crippen MR) is 106 cm³/mol. The molecule has 0 aliphatic heterocycles. The largest absolute Gasteiger partial charge is 0.494 e. The van der Waals surface area contributed by atoms with E-state index in [-0.39, 0.29) is 18.5 Å². The Bertz CT molecular complexity index is 847. The number of benzene rings is 2. The van der Waals surface area contributed by atoms with Gasteiger partial charge in [0.2, 0.25) is 6.10 Å². The van der Waals surface area contributed by atoms with Crippen molar-refractivity contribution < 1.29 is 23.9 Å². The quantitative estimate of drug-likeness (QED) is 0.635. The molecular formula is C22H24N2O5. The number of carbonyl (C=O) groups excluding carboxylic acids is 3. The van der Waals surface area contributed by atoms with Crippen LogP contribution < -0.4 is 15.4 Å². The van der Waals surface area contributed by atoms with Crippen molar-refractivity contribution >= 4 is 17.8 Å². The van der Waals surface area contributed by atoms with Crippen molar-refractivity contribution in [3.63, 3.8) is 0 Å². The van der Waals surface area contributed by atoms with Crippen LogP contribution in [0.3, 0.4) is 0 Å².